The highest BCUT2D eigenvalue weighted by Crippen LogP contribution is 2.31. The highest BCUT2D eigenvalue weighted by Gasteiger charge is 2.26. The van der Waals surface area contributed by atoms with E-state index in [1.54, 1.807) is 6.20 Å². The van der Waals surface area contributed by atoms with Crippen molar-refractivity contribution < 1.29 is 13.6 Å². The summed E-state index contributed by atoms with van der Waals surface area (Å²) in [6, 6.07) is 3.13. The number of carbonyl (C=O) groups is 1. The van der Waals surface area contributed by atoms with Gasteiger partial charge >= 0.3 is 0 Å². The van der Waals surface area contributed by atoms with Gasteiger partial charge in [-0.15, -0.1) is 0 Å². The van der Waals surface area contributed by atoms with Crippen LogP contribution in [-0.4, -0.2) is 22.2 Å². The maximum atomic E-state index is 13.4. The van der Waals surface area contributed by atoms with E-state index in [-0.39, 0.29) is 18.5 Å². The van der Waals surface area contributed by atoms with Crippen LogP contribution in [0.3, 0.4) is 0 Å². The Balaban J connectivity index is 1.98. The minimum atomic E-state index is -0.650. The number of nitrogens with zero attached hydrogens (tertiary/aromatic N) is 2. The van der Waals surface area contributed by atoms with Gasteiger partial charge in [0.15, 0.2) is 0 Å². The number of nitrogens with one attached hydrogen (secondary N) is 1. The average Bonchev–Trinajstić information content (AvgIpc) is 2.91. The summed E-state index contributed by atoms with van der Waals surface area (Å²) >= 11 is 0. The second-order valence-electron chi connectivity index (χ2n) is 5.30. The number of halogens is 2. The van der Waals surface area contributed by atoms with Crippen LogP contribution in [0.25, 0.3) is 5.69 Å². The Morgan fingerprint density at radius 3 is 2.77 bits per heavy atom. The zero-order chi connectivity index (χ0) is 15.7. The van der Waals surface area contributed by atoms with Crippen LogP contribution >= 0.6 is 0 Å². The van der Waals surface area contributed by atoms with E-state index in [2.05, 4.69) is 10.4 Å². The van der Waals surface area contributed by atoms with Gasteiger partial charge in [-0.05, 0) is 31.4 Å². The third kappa shape index (κ3) is 2.71. The van der Waals surface area contributed by atoms with Crippen LogP contribution in [-0.2, 0) is 11.2 Å². The monoisotopic (exact) mass is 306 g/mol. The molecule has 0 radical (unpaired) electrons. The third-order valence-electron chi connectivity index (χ3n) is 3.80. The van der Waals surface area contributed by atoms with E-state index >= 15 is 0 Å². The lowest BCUT2D eigenvalue weighted by molar-refractivity contribution is -0.120. The summed E-state index contributed by atoms with van der Waals surface area (Å²) in [7, 11) is 0. The molecule has 3 N–H and O–H groups in total. The van der Waals surface area contributed by atoms with E-state index in [1.807, 2.05) is 0 Å². The first-order chi connectivity index (χ1) is 10.6. The first-order valence-corrected chi connectivity index (χ1v) is 7.11. The molecule has 1 aliphatic rings. The van der Waals surface area contributed by atoms with Crippen molar-refractivity contribution in [2.75, 3.05) is 6.54 Å². The quantitative estimate of drug-likeness (QED) is 0.904. The molecule has 22 heavy (non-hydrogen) atoms. The van der Waals surface area contributed by atoms with Crippen LogP contribution in [0, 0.1) is 11.6 Å². The van der Waals surface area contributed by atoms with E-state index in [0.29, 0.717) is 5.69 Å². The molecule has 0 aliphatic heterocycles. The Kier molecular flexibility index (Phi) is 3.89. The molecule has 3 rings (SSSR count). The van der Waals surface area contributed by atoms with Crippen molar-refractivity contribution in [3.63, 3.8) is 0 Å². The number of aromatic nitrogens is 2. The summed E-state index contributed by atoms with van der Waals surface area (Å²) < 4.78 is 28.3. The second-order valence-corrected chi connectivity index (χ2v) is 5.30. The fourth-order valence-corrected chi connectivity index (χ4v) is 2.84. The van der Waals surface area contributed by atoms with Crippen LogP contribution < -0.4 is 11.1 Å². The molecule has 2 aromatic rings. The number of benzene rings is 1. The molecule has 0 spiro atoms. The van der Waals surface area contributed by atoms with E-state index in [9.17, 15) is 13.6 Å². The summed E-state index contributed by atoms with van der Waals surface area (Å²) in [5, 5.41) is 7.08. The molecule has 7 heteroatoms. The summed E-state index contributed by atoms with van der Waals surface area (Å²) in [4.78, 5) is 11.5. The van der Waals surface area contributed by atoms with Gasteiger partial charge in [-0.25, -0.2) is 13.5 Å². The molecule has 5 nitrogen and oxygen atoms in total. The molecule has 0 saturated heterocycles. The molecule has 1 heterocycles. The predicted molar refractivity (Wildman–Crippen MR) is 76.4 cm³/mol. The zero-order valence-electron chi connectivity index (χ0n) is 11.9. The average molecular weight is 306 g/mol. The summed E-state index contributed by atoms with van der Waals surface area (Å²) in [5.41, 5.74) is 7.39. The Hall–Kier alpha value is -2.28. The zero-order valence-corrected chi connectivity index (χ0v) is 11.9. The molecule has 1 aliphatic carbocycles. The van der Waals surface area contributed by atoms with Crippen molar-refractivity contribution in [3.8, 4) is 5.69 Å². The van der Waals surface area contributed by atoms with Crippen molar-refractivity contribution in [1.29, 1.82) is 0 Å². The number of hydrogen-bond donors (Lipinski definition) is 2. The molecular weight excluding hydrogens is 290 g/mol. The molecule has 116 valence electrons. The molecule has 1 atom stereocenters. The minimum absolute atomic E-state index is 0.0743. The van der Waals surface area contributed by atoms with Gasteiger partial charge in [-0.1, -0.05) is 0 Å². The number of carbonyl (C=O) groups excluding carboxylic acids is 1. The molecule has 0 saturated carbocycles. The molecule has 1 aromatic heterocycles. The lowest BCUT2D eigenvalue weighted by Gasteiger charge is -2.24. The van der Waals surface area contributed by atoms with Gasteiger partial charge in [0.1, 0.15) is 11.6 Å². The first kappa shape index (κ1) is 14.6. The van der Waals surface area contributed by atoms with Crippen LogP contribution in [0.15, 0.2) is 24.4 Å². The topological polar surface area (TPSA) is 72.9 Å². The predicted octanol–water partition coefficient (Wildman–Crippen LogP) is 1.60. The lowest BCUT2D eigenvalue weighted by atomic mass is 9.93. The molecule has 0 fully saturated rings. The number of amides is 1. The van der Waals surface area contributed by atoms with Crippen LogP contribution in [0.2, 0.25) is 0 Å². The second kappa shape index (κ2) is 5.84. The largest absolute Gasteiger partial charge is 0.348 e. The van der Waals surface area contributed by atoms with E-state index in [4.69, 9.17) is 5.73 Å². The van der Waals surface area contributed by atoms with E-state index < -0.39 is 11.6 Å². The van der Waals surface area contributed by atoms with E-state index in [0.717, 1.165) is 36.6 Å². The van der Waals surface area contributed by atoms with Gasteiger partial charge < -0.3 is 11.1 Å². The van der Waals surface area contributed by atoms with Crippen molar-refractivity contribution in [1.82, 2.24) is 15.1 Å². The fourth-order valence-electron chi connectivity index (χ4n) is 2.84. The van der Waals surface area contributed by atoms with Crippen LogP contribution in [0.5, 0.6) is 0 Å². The molecular formula is C15H16F2N4O. The van der Waals surface area contributed by atoms with Crippen molar-refractivity contribution in [2.24, 2.45) is 5.73 Å². The minimum Gasteiger partial charge on any atom is -0.348 e. The summed E-state index contributed by atoms with van der Waals surface area (Å²) in [6.45, 7) is -0.0743. The highest BCUT2D eigenvalue weighted by molar-refractivity contribution is 5.78. The molecule has 1 unspecified atom stereocenters. The SMILES string of the molecule is NCC(=O)NC1CCCc2c1cnn2-c1cc(F)cc(F)c1. The number of hydrogen-bond acceptors (Lipinski definition) is 3. The van der Waals surface area contributed by atoms with Crippen molar-refractivity contribution >= 4 is 5.91 Å². The maximum Gasteiger partial charge on any atom is 0.234 e. The number of nitrogens with two attached hydrogens (primary N) is 1. The Bertz CT molecular complexity index is 693. The highest BCUT2D eigenvalue weighted by atomic mass is 19.1. The Morgan fingerprint density at radius 1 is 1.36 bits per heavy atom. The Labute approximate surface area is 126 Å². The summed E-state index contributed by atoms with van der Waals surface area (Å²) in [6.07, 6.45) is 4.02. The van der Waals surface area contributed by atoms with Gasteiger partial charge in [0.2, 0.25) is 5.91 Å². The van der Waals surface area contributed by atoms with E-state index in [1.165, 1.54) is 16.8 Å². The standard InChI is InChI=1S/C15H16F2N4O/c16-9-4-10(17)6-11(5-9)21-14-3-1-2-13(12(14)8-19-21)20-15(22)7-18/h4-6,8,13H,1-3,7,18H2,(H,20,22). The normalized spacial score (nSPS) is 17.1. The van der Waals surface area contributed by atoms with Gasteiger partial charge in [-0.3, -0.25) is 4.79 Å². The van der Waals surface area contributed by atoms with Gasteiger partial charge in [0.05, 0.1) is 24.5 Å². The van der Waals surface area contributed by atoms with Gasteiger partial charge in [-0.2, -0.15) is 5.10 Å². The summed E-state index contributed by atoms with van der Waals surface area (Å²) in [5.74, 6) is -1.53. The van der Waals surface area contributed by atoms with Crippen LogP contribution in [0.1, 0.15) is 30.1 Å². The number of rotatable bonds is 3. The van der Waals surface area contributed by atoms with Crippen LogP contribution in [0.4, 0.5) is 8.78 Å². The molecule has 1 aromatic carbocycles. The lowest BCUT2D eigenvalue weighted by Crippen LogP contribution is -2.35. The van der Waals surface area contributed by atoms with Crippen molar-refractivity contribution in [2.45, 2.75) is 25.3 Å². The molecule has 0 bridgehead atoms. The van der Waals surface area contributed by atoms with Gasteiger partial charge in [0, 0.05) is 17.3 Å². The number of fused-ring (bicyclic) bond motifs is 1. The third-order valence-corrected chi connectivity index (χ3v) is 3.80. The Morgan fingerprint density at radius 2 is 2.09 bits per heavy atom. The fraction of sp³-hybridized carbons (Fsp3) is 0.333. The first-order valence-electron chi connectivity index (χ1n) is 7.11. The maximum absolute atomic E-state index is 13.4. The molecule has 1 amide bonds. The van der Waals surface area contributed by atoms with Crippen molar-refractivity contribution in [3.05, 3.63) is 47.3 Å². The van der Waals surface area contributed by atoms with Gasteiger partial charge in [0.25, 0.3) is 0 Å². The smallest absolute Gasteiger partial charge is 0.234 e.